The number of sulfone groups is 1. The molecule has 0 bridgehead atoms. The van der Waals surface area contributed by atoms with Crippen molar-refractivity contribution in [3.8, 4) is 11.3 Å². The zero-order valence-corrected chi connectivity index (χ0v) is 15.5. The van der Waals surface area contributed by atoms with E-state index >= 15 is 0 Å². The summed E-state index contributed by atoms with van der Waals surface area (Å²) in [7, 11) is -3.58. The number of aromatic nitrogens is 1. The summed E-state index contributed by atoms with van der Waals surface area (Å²) >= 11 is 0. The summed E-state index contributed by atoms with van der Waals surface area (Å²) in [6, 6.07) is 8.21. The van der Waals surface area contributed by atoms with Gasteiger partial charge in [-0.05, 0) is 36.8 Å². The van der Waals surface area contributed by atoms with Crippen molar-refractivity contribution in [2.75, 3.05) is 6.26 Å². The van der Waals surface area contributed by atoms with Gasteiger partial charge in [0.1, 0.15) is 0 Å². The third-order valence-electron chi connectivity index (χ3n) is 4.31. The quantitative estimate of drug-likeness (QED) is 0.696. The number of carbonyl (C=O) groups is 1. The molecule has 0 aliphatic heterocycles. The molecule has 5 nitrogen and oxygen atoms in total. The molecule has 0 unspecified atom stereocenters. The van der Waals surface area contributed by atoms with Crippen LogP contribution in [0.5, 0.6) is 0 Å². The molecule has 0 fully saturated rings. The Kier molecular flexibility index (Phi) is 4.66. The lowest BCUT2D eigenvalue weighted by Crippen LogP contribution is -2.07. The van der Waals surface area contributed by atoms with Crippen LogP contribution in [0.4, 0.5) is 13.2 Å². The van der Waals surface area contributed by atoms with E-state index in [0.717, 1.165) is 18.4 Å². The van der Waals surface area contributed by atoms with Crippen molar-refractivity contribution in [3.05, 3.63) is 59.2 Å². The number of carboxylic acids is 1. The Morgan fingerprint density at radius 1 is 1.11 bits per heavy atom. The van der Waals surface area contributed by atoms with Crippen molar-refractivity contribution < 1.29 is 31.5 Å². The van der Waals surface area contributed by atoms with Gasteiger partial charge in [-0.15, -0.1) is 0 Å². The molecule has 146 valence electrons. The Labute approximate surface area is 158 Å². The number of rotatable bonds is 3. The average Bonchev–Trinajstić information content (AvgIpc) is 2.59. The number of benzene rings is 2. The summed E-state index contributed by atoms with van der Waals surface area (Å²) in [6.07, 6.45) is -3.58. The van der Waals surface area contributed by atoms with Gasteiger partial charge in [0.2, 0.25) is 0 Å². The fraction of sp³-hybridized carbons (Fsp3) is 0.158. The fourth-order valence-electron chi connectivity index (χ4n) is 2.97. The Balaban J connectivity index is 2.37. The lowest BCUT2D eigenvalue weighted by atomic mass is 9.97. The molecule has 1 heterocycles. The molecular formula is C19H14F3NO4S. The van der Waals surface area contributed by atoms with Gasteiger partial charge in [-0.25, -0.2) is 18.2 Å². The van der Waals surface area contributed by atoms with Crippen LogP contribution in [-0.2, 0) is 16.0 Å². The maximum Gasteiger partial charge on any atom is 0.416 e. The van der Waals surface area contributed by atoms with Crippen molar-refractivity contribution >= 4 is 26.7 Å². The Morgan fingerprint density at radius 2 is 1.79 bits per heavy atom. The van der Waals surface area contributed by atoms with Crippen LogP contribution in [0.15, 0.2) is 47.4 Å². The van der Waals surface area contributed by atoms with Crippen molar-refractivity contribution in [2.45, 2.75) is 18.0 Å². The molecule has 0 aliphatic rings. The van der Waals surface area contributed by atoms with E-state index in [1.165, 1.54) is 37.3 Å². The standard InChI is InChI=1S/C19H14F3NO4S/c1-10-16(18(24)25)14-7-6-13(28(2,26)27)9-15(14)23-17(10)11-4-3-5-12(8-11)19(20,21)22/h3-9H,1-2H3,(H,24,25). The SMILES string of the molecule is Cc1c(-c2cccc(C(F)(F)F)c2)nc2cc(S(C)(=O)=O)ccc2c1C(=O)O. The maximum absolute atomic E-state index is 13.0. The predicted molar refractivity (Wildman–Crippen MR) is 97.0 cm³/mol. The molecule has 0 spiro atoms. The van der Waals surface area contributed by atoms with Gasteiger partial charge in [0.15, 0.2) is 9.84 Å². The highest BCUT2D eigenvalue weighted by Crippen LogP contribution is 2.35. The number of hydrogen-bond acceptors (Lipinski definition) is 4. The van der Waals surface area contributed by atoms with Crippen LogP contribution in [0, 0.1) is 6.92 Å². The molecule has 3 aromatic rings. The first-order valence-corrected chi connectivity index (χ1v) is 9.84. The fourth-order valence-corrected chi connectivity index (χ4v) is 3.61. The maximum atomic E-state index is 13.0. The first kappa shape index (κ1) is 19.8. The Morgan fingerprint density at radius 3 is 2.36 bits per heavy atom. The largest absolute Gasteiger partial charge is 0.478 e. The summed E-state index contributed by atoms with van der Waals surface area (Å²) in [4.78, 5) is 16.0. The minimum Gasteiger partial charge on any atom is -0.478 e. The monoisotopic (exact) mass is 409 g/mol. The van der Waals surface area contributed by atoms with Gasteiger partial charge in [0.25, 0.3) is 0 Å². The molecule has 0 aliphatic carbocycles. The van der Waals surface area contributed by atoms with Crippen LogP contribution in [0.3, 0.4) is 0 Å². The van der Waals surface area contributed by atoms with E-state index in [1.54, 1.807) is 0 Å². The summed E-state index contributed by atoms with van der Waals surface area (Å²) in [5, 5.41) is 9.82. The van der Waals surface area contributed by atoms with Gasteiger partial charge in [-0.2, -0.15) is 13.2 Å². The Bertz CT molecular complexity index is 1220. The van der Waals surface area contributed by atoms with Crippen LogP contribution >= 0.6 is 0 Å². The van der Waals surface area contributed by atoms with Gasteiger partial charge in [0, 0.05) is 17.2 Å². The number of hydrogen-bond donors (Lipinski definition) is 1. The second-order valence-corrected chi connectivity index (χ2v) is 8.31. The van der Waals surface area contributed by atoms with Crippen molar-refractivity contribution in [3.63, 3.8) is 0 Å². The van der Waals surface area contributed by atoms with E-state index < -0.39 is 27.5 Å². The summed E-state index contributed by atoms with van der Waals surface area (Å²) < 4.78 is 62.7. The van der Waals surface area contributed by atoms with Crippen LogP contribution < -0.4 is 0 Å². The predicted octanol–water partition coefficient (Wildman–Crippen LogP) is 4.33. The molecule has 3 rings (SSSR count). The lowest BCUT2D eigenvalue weighted by molar-refractivity contribution is -0.137. The molecular weight excluding hydrogens is 395 g/mol. The van der Waals surface area contributed by atoms with E-state index in [1.807, 2.05) is 0 Å². The highest BCUT2D eigenvalue weighted by Gasteiger charge is 2.31. The highest BCUT2D eigenvalue weighted by atomic mass is 32.2. The number of halogens is 3. The average molecular weight is 409 g/mol. The molecule has 0 saturated heterocycles. The molecule has 0 saturated carbocycles. The Hall–Kier alpha value is -2.94. The van der Waals surface area contributed by atoms with Gasteiger partial charge in [0.05, 0.1) is 27.2 Å². The summed E-state index contributed by atoms with van der Waals surface area (Å²) in [6.45, 7) is 1.45. The van der Waals surface area contributed by atoms with E-state index in [0.29, 0.717) is 0 Å². The van der Waals surface area contributed by atoms with Crippen LogP contribution in [0.2, 0.25) is 0 Å². The number of carboxylic acid groups (broad SMARTS) is 1. The molecule has 0 amide bonds. The molecule has 28 heavy (non-hydrogen) atoms. The number of nitrogens with zero attached hydrogens (tertiary/aromatic N) is 1. The second-order valence-electron chi connectivity index (χ2n) is 6.30. The highest BCUT2D eigenvalue weighted by molar-refractivity contribution is 7.90. The van der Waals surface area contributed by atoms with Crippen molar-refractivity contribution in [2.24, 2.45) is 0 Å². The van der Waals surface area contributed by atoms with Gasteiger partial charge in [-0.1, -0.05) is 18.2 Å². The van der Waals surface area contributed by atoms with Crippen LogP contribution in [0.25, 0.3) is 22.2 Å². The zero-order valence-electron chi connectivity index (χ0n) is 14.7. The van der Waals surface area contributed by atoms with Gasteiger partial charge >= 0.3 is 12.1 Å². The first-order chi connectivity index (χ1) is 12.9. The smallest absolute Gasteiger partial charge is 0.416 e. The molecule has 1 N–H and O–H groups in total. The summed E-state index contributed by atoms with van der Waals surface area (Å²) in [5.41, 5.74) is -0.654. The lowest BCUT2D eigenvalue weighted by Gasteiger charge is -2.14. The van der Waals surface area contributed by atoms with E-state index in [-0.39, 0.29) is 38.2 Å². The second kappa shape index (κ2) is 6.59. The summed E-state index contributed by atoms with van der Waals surface area (Å²) in [5.74, 6) is -1.29. The van der Waals surface area contributed by atoms with E-state index in [2.05, 4.69) is 4.98 Å². The van der Waals surface area contributed by atoms with Crippen LogP contribution in [-0.4, -0.2) is 30.7 Å². The van der Waals surface area contributed by atoms with E-state index in [4.69, 9.17) is 0 Å². The number of alkyl halides is 3. The van der Waals surface area contributed by atoms with Gasteiger partial charge < -0.3 is 5.11 Å². The van der Waals surface area contributed by atoms with Gasteiger partial charge in [-0.3, -0.25) is 0 Å². The molecule has 9 heteroatoms. The third kappa shape index (κ3) is 3.57. The van der Waals surface area contributed by atoms with Crippen molar-refractivity contribution in [1.29, 1.82) is 0 Å². The molecule has 1 aromatic heterocycles. The minimum atomic E-state index is -4.57. The molecule has 0 atom stereocenters. The number of pyridine rings is 1. The van der Waals surface area contributed by atoms with Crippen LogP contribution in [0.1, 0.15) is 21.5 Å². The third-order valence-corrected chi connectivity index (χ3v) is 5.42. The minimum absolute atomic E-state index is 0.0432. The topological polar surface area (TPSA) is 84.3 Å². The van der Waals surface area contributed by atoms with E-state index in [9.17, 15) is 31.5 Å². The normalized spacial score (nSPS) is 12.3. The number of aromatic carboxylic acids is 1. The number of fused-ring (bicyclic) bond motifs is 1. The molecule has 0 radical (unpaired) electrons. The zero-order chi connectivity index (χ0) is 20.9. The van der Waals surface area contributed by atoms with Crippen molar-refractivity contribution in [1.82, 2.24) is 4.98 Å². The first-order valence-electron chi connectivity index (χ1n) is 7.95. The molecule has 2 aromatic carbocycles.